The van der Waals surface area contributed by atoms with Crippen molar-refractivity contribution in [1.82, 2.24) is 14.8 Å². The van der Waals surface area contributed by atoms with E-state index in [9.17, 15) is 20.0 Å². The van der Waals surface area contributed by atoms with Gasteiger partial charge in [0.05, 0.1) is 18.2 Å². The number of benzene rings is 2. The van der Waals surface area contributed by atoms with Crippen LogP contribution >= 0.6 is 0 Å². The van der Waals surface area contributed by atoms with Gasteiger partial charge in [0.25, 0.3) is 17.7 Å². The van der Waals surface area contributed by atoms with Gasteiger partial charge in [-0.25, -0.2) is 0 Å². The lowest BCUT2D eigenvalue weighted by atomic mass is 10.1. The van der Waals surface area contributed by atoms with Crippen molar-refractivity contribution in [3.8, 4) is 40.8 Å². The molecule has 2 aromatic carbocycles. The molecule has 13 heteroatoms. The summed E-state index contributed by atoms with van der Waals surface area (Å²) in [6, 6.07) is 11.3. The highest BCUT2D eigenvalue weighted by Crippen LogP contribution is 2.40. The summed E-state index contributed by atoms with van der Waals surface area (Å²) in [5.41, 5.74) is 0.345. The number of aliphatic carboxylic acids is 1. The van der Waals surface area contributed by atoms with E-state index in [4.69, 9.17) is 19.3 Å². The van der Waals surface area contributed by atoms with Gasteiger partial charge in [0.1, 0.15) is 11.9 Å². The molecule has 0 spiro atoms. The van der Waals surface area contributed by atoms with Crippen molar-refractivity contribution in [1.29, 1.82) is 5.26 Å². The summed E-state index contributed by atoms with van der Waals surface area (Å²) in [5.74, 6) is -7.03. The Kier molecular flexibility index (Phi) is 8.84. The van der Waals surface area contributed by atoms with Crippen molar-refractivity contribution in [2.75, 3.05) is 33.7 Å². The van der Waals surface area contributed by atoms with E-state index in [0.29, 0.717) is 25.9 Å². The number of nitriles is 1. The van der Waals surface area contributed by atoms with Crippen LogP contribution in [0.1, 0.15) is 28.8 Å². The first-order valence-electron chi connectivity index (χ1n) is 12.5. The van der Waals surface area contributed by atoms with Gasteiger partial charge in [-0.1, -0.05) is 6.07 Å². The molecular formula is C28H26F2N4O7. The predicted molar refractivity (Wildman–Crippen MR) is 139 cm³/mol. The lowest BCUT2D eigenvalue weighted by Gasteiger charge is -2.31. The first-order chi connectivity index (χ1) is 19.5. The van der Waals surface area contributed by atoms with Gasteiger partial charge in [-0.15, -0.1) is 0 Å². The fourth-order valence-electron chi connectivity index (χ4n) is 4.09. The molecule has 11 nitrogen and oxygen atoms in total. The Labute approximate surface area is 233 Å². The molecule has 0 aliphatic carbocycles. The molecule has 1 fully saturated rings. The summed E-state index contributed by atoms with van der Waals surface area (Å²) in [6.45, 7) is 0.500. The number of hydrogen-bond donors (Lipinski definition) is 2. The number of piperidine rings is 1. The standard InChI is InChI=1S/C28H26F2N4O7/c1-33(2)28(38)17-4-3-5-19(13-17)40-26-23(29)25(39-18-8-10-34(11-9-18)15-22(36)37)24(30)27(32-26)41-21-12-16(14-31)6-7-20(21)35/h3-7,12-13,18,35H,8-11,15H2,1-2H3,(H,36,37). The molecular weight excluding hydrogens is 542 g/mol. The van der Waals surface area contributed by atoms with Crippen LogP contribution in [0.2, 0.25) is 0 Å². The zero-order chi connectivity index (χ0) is 29.7. The molecule has 1 amide bonds. The second-order valence-corrected chi connectivity index (χ2v) is 9.39. The first kappa shape index (κ1) is 29.0. The molecule has 0 bridgehead atoms. The maximum Gasteiger partial charge on any atom is 0.317 e. The van der Waals surface area contributed by atoms with Crippen molar-refractivity contribution in [3.63, 3.8) is 0 Å². The first-order valence-corrected chi connectivity index (χ1v) is 12.5. The number of halogens is 2. The van der Waals surface area contributed by atoms with Crippen molar-refractivity contribution in [2.45, 2.75) is 18.9 Å². The van der Waals surface area contributed by atoms with Gasteiger partial charge < -0.3 is 29.3 Å². The lowest BCUT2D eigenvalue weighted by Crippen LogP contribution is -2.40. The minimum atomic E-state index is -1.32. The van der Waals surface area contributed by atoms with Crippen LogP contribution in [0.25, 0.3) is 0 Å². The third-order valence-corrected chi connectivity index (χ3v) is 6.15. The Morgan fingerprint density at radius 1 is 1.10 bits per heavy atom. The van der Waals surface area contributed by atoms with Gasteiger partial charge >= 0.3 is 5.97 Å². The Hall–Kier alpha value is -4.96. The Balaban J connectivity index is 1.70. The second kappa shape index (κ2) is 12.5. The molecule has 1 aliphatic rings. The average Bonchev–Trinajstić information content (AvgIpc) is 2.95. The maximum absolute atomic E-state index is 15.7. The van der Waals surface area contributed by atoms with Gasteiger partial charge in [0.2, 0.25) is 17.4 Å². The molecule has 0 unspecified atom stereocenters. The highest BCUT2D eigenvalue weighted by atomic mass is 19.1. The molecule has 0 atom stereocenters. The van der Waals surface area contributed by atoms with Crippen molar-refractivity contribution in [2.24, 2.45) is 0 Å². The smallest absolute Gasteiger partial charge is 0.317 e. The van der Waals surface area contributed by atoms with Crippen LogP contribution in [-0.4, -0.2) is 76.7 Å². The number of carbonyl (C=O) groups is 2. The average molecular weight is 569 g/mol. The SMILES string of the molecule is CN(C)C(=O)c1cccc(Oc2nc(Oc3cc(C#N)ccc3O)c(F)c(OC3CCN(CC(=O)O)CC3)c2F)c1. The summed E-state index contributed by atoms with van der Waals surface area (Å²) >= 11 is 0. The number of carboxylic acids is 1. The second-order valence-electron chi connectivity index (χ2n) is 9.39. The van der Waals surface area contributed by atoms with Gasteiger partial charge in [0.15, 0.2) is 11.5 Å². The van der Waals surface area contributed by atoms with E-state index in [0.717, 1.165) is 6.07 Å². The molecule has 2 heterocycles. The highest BCUT2D eigenvalue weighted by molar-refractivity contribution is 5.94. The lowest BCUT2D eigenvalue weighted by molar-refractivity contribution is -0.138. The third kappa shape index (κ3) is 6.98. The molecule has 4 rings (SSSR count). The van der Waals surface area contributed by atoms with E-state index >= 15 is 8.78 Å². The Bertz CT molecular complexity index is 1500. The number of aromatic nitrogens is 1. The largest absolute Gasteiger partial charge is 0.504 e. The van der Waals surface area contributed by atoms with Gasteiger partial charge in [-0.3, -0.25) is 14.5 Å². The van der Waals surface area contributed by atoms with Crippen LogP contribution in [0.3, 0.4) is 0 Å². The van der Waals surface area contributed by atoms with Crippen LogP contribution in [0.5, 0.6) is 34.8 Å². The van der Waals surface area contributed by atoms with Crippen molar-refractivity contribution < 1.29 is 42.8 Å². The molecule has 3 aromatic rings. The molecule has 1 saturated heterocycles. The number of hydrogen-bond acceptors (Lipinski definition) is 9. The molecule has 1 aliphatic heterocycles. The fraction of sp³-hybridized carbons (Fsp3) is 0.286. The monoisotopic (exact) mass is 568 g/mol. The van der Waals surface area contributed by atoms with Gasteiger partial charge in [-0.05, 0) is 43.2 Å². The topological polar surface area (TPSA) is 145 Å². The number of carbonyl (C=O) groups excluding carboxylic acids is 1. The number of likely N-dealkylation sites (tertiary alicyclic amines) is 1. The third-order valence-electron chi connectivity index (χ3n) is 6.15. The molecule has 41 heavy (non-hydrogen) atoms. The number of phenolic OH excluding ortho intramolecular Hbond substituents is 1. The van der Waals surface area contributed by atoms with E-state index in [1.54, 1.807) is 19.0 Å². The van der Waals surface area contributed by atoms with E-state index in [2.05, 4.69) is 4.98 Å². The van der Waals surface area contributed by atoms with Crippen LogP contribution in [-0.2, 0) is 4.79 Å². The minimum absolute atomic E-state index is 0.0175. The fourth-order valence-corrected chi connectivity index (χ4v) is 4.09. The zero-order valence-electron chi connectivity index (χ0n) is 22.1. The minimum Gasteiger partial charge on any atom is -0.504 e. The zero-order valence-corrected chi connectivity index (χ0v) is 22.1. The molecule has 1 aromatic heterocycles. The van der Waals surface area contributed by atoms with Crippen LogP contribution < -0.4 is 14.2 Å². The summed E-state index contributed by atoms with van der Waals surface area (Å²) in [7, 11) is 3.13. The van der Waals surface area contributed by atoms with Crippen LogP contribution in [0.15, 0.2) is 42.5 Å². The quantitative estimate of drug-likeness (QED) is 0.386. The number of nitrogens with zero attached hydrogens (tertiary/aromatic N) is 4. The van der Waals surface area contributed by atoms with E-state index in [1.807, 2.05) is 6.07 Å². The van der Waals surface area contributed by atoms with Gasteiger partial charge in [0, 0.05) is 38.8 Å². The molecule has 214 valence electrons. The van der Waals surface area contributed by atoms with Crippen LogP contribution in [0.4, 0.5) is 8.78 Å². The molecule has 2 N–H and O–H groups in total. The Morgan fingerprint density at radius 2 is 1.78 bits per heavy atom. The number of aromatic hydroxyl groups is 1. The van der Waals surface area contributed by atoms with E-state index in [-0.39, 0.29) is 35.1 Å². The number of pyridine rings is 1. The highest BCUT2D eigenvalue weighted by Gasteiger charge is 2.30. The Morgan fingerprint density at radius 3 is 2.41 bits per heavy atom. The summed E-state index contributed by atoms with van der Waals surface area (Å²) in [5, 5.41) is 28.4. The predicted octanol–water partition coefficient (Wildman–Crippen LogP) is 4.15. The normalized spacial score (nSPS) is 13.7. The number of phenols is 1. The summed E-state index contributed by atoms with van der Waals surface area (Å²) < 4.78 is 48.0. The number of ether oxygens (including phenoxy) is 3. The molecule has 0 saturated carbocycles. The number of carboxylic acid groups (broad SMARTS) is 1. The van der Waals surface area contributed by atoms with E-state index in [1.165, 1.54) is 41.3 Å². The number of amides is 1. The molecule has 0 radical (unpaired) electrons. The maximum atomic E-state index is 15.7. The van der Waals surface area contributed by atoms with Crippen molar-refractivity contribution >= 4 is 11.9 Å². The summed E-state index contributed by atoms with van der Waals surface area (Å²) in [4.78, 5) is 30.2. The van der Waals surface area contributed by atoms with Gasteiger partial charge in [-0.2, -0.15) is 19.0 Å². The van der Waals surface area contributed by atoms with E-state index < -0.39 is 47.0 Å². The van der Waals surface area contributed by atoms with Crippen LogP contribution in [0, 0.1) is 23.0 Å². The number of rotatable bonds is 9. The summed E-state index contributed by atoms with van der Waals surface area (Å²) in [6.07, 6.45) is -0.0790. The van der Waals surface area contributed by atoms with Crippen molar-refractivity contribution in [3.05, 3.63) is 65.2 Å².